The van der Waals surface area contributed by atoms with Gasteiger partial charge in [-0.2, -0.15) is 8.61 Å². The molecule has 2 aromatic rings. The van der Waals surface area contributed by atoms with Crippen LogP contribution in [0.2, 0.25) is 0 Å². The quantitative estimate of drug-likeness (QED) is 0.539. The lowest BCUT2D eigenvalue weighted by Gasteiger charge is -2.19. The highest BCUT2D eigenvalue weighted by molar-refractivity contribution is 7.89. The van der Waals surface area contributed by atoms with Gasteiger partial charge in [0.1, 0.15) is 5.82 Å². The molecule has 1 amide bonds. The maximum absolute atomic E-state index is 13.1. The lowest BCUT2D eigenvalue weighted by molar-refractivity contribution is -0.121. The second-order valence-corrected chi connectivity index (χ2v) is 11.9. The van der Waals surface area contributed by atoms with Crippen LogP contribution in [0.25, 0.3) is 0 Å². The fourth-order valence-corrected chi connectivity index (χ4v) is 5.80. The first-order chi connectivity index (χ1) is 15.6. The summed E-state index contributed by atoms with van der Waals surface area (Å²) < 4.78 is 64.9. The Balaban J connectivity index is 1.51. The van der Waals surface area contributed by atoms with Gasteiger partial charge in [-0.15, -0.1) is 0 Å². The van der Waals surface area contributed by atoms with Gasteiger partial charge in [-0.3, -0.25) is 4.79 Å². The van der Waals surface area contributed by atoms with Gasteiger partial charge in [-0.25, -0.2) is 21.2 Å². The standard InChI is InChI=1S/C22H28FN3O5S2/c1-32(28,29)26(16-19-4-8-20(23)9-5-19)17-22(27)24-13-12-18-6-10-21(11-7-18)33(30,31)25-14-2-3-15-25/h4-11H,2-3,12-17H2,1H3,(H,24,27). The summed E-state index contributed by atoms with van der Waals surface area (Å²) >= 11 is 0. The van der Waals surface area contributed by atoms with Crippen molar-refractivity contribution in [1.82, 2.24) is 13.9 Å². The number of nitrogens with zero attached hydrogens (tertiary/aromatic N) is 2. The second kappa shape index (κ2) is 10.7. The number of sulfonamides is 2. The van der Waals surface area contributed by atoms with Gasteiger partial charge in [0.15, 0.2) is 0 Å². The van der Waals surface area contributed by atoms with Crippen LogP contribution in [-0.2, 0) is 37.8 Å². The Morgan fingerprint density at radius 2 is 1.55 bits per heavy atom. The minimum absolute atomic E-state index is 0.0422. The van der Waals surface area contributed by atoms with Gasteiger partial charge in [-0.05, 0) is 54.7 Å². The molecule has 0 atom stereocenters. The Bertz CT molecular complexity index is 1160. The molecule has 0 spiro atoms. The first-order valence-corrected chi connectivity index (χ1v) is 13.9. The van der Waals surface area contributed by atoms with E-state index in [0.717, 1.165) is 29.0 Å². The Kier molecular flexibility index (Phi) is 8.22. The Morgan fingerprint density at radius 1 is 0.970 bits per heavy atom. The number of carbonyl (C=O) groups is 1. The van der Waals surface area contributed by atoms with E-state index in [1.54, 1.807) is 24.3 Å². The Morgan fingerprint density at radius 3 is 2.12 bits per heavy atom. The number of carbonyl (C=O) groups excluding carboxylic acids is 1. The summed E-state index contributed by atoms with van der Waals surface area (Å²) in [6, 6.07) is 12.0. The molecule has 3 rings (SSSR count). The monoisotopic (exact) mass is 497 g/mol. The van der Waals surface area contributed by atoms with E-state index >= 15 is 0 Å². The van der Waals surface area contributed by atoms with Gasteiger partial charge in [-0.1, -0.05) is 24.3 Å². The number of hydrogen-bond donors (Lipinski definition) is 1. The van der Waals surface area contributed by atoms with Crippen molar-refractivity contribution < 1.29 is 26.0 Å². The zero-order chi connectivity index (χ0) is 24.1. The number of amides is 1. The molecule has 8 nitrogen and oxygen atoms in total. The summed E-state index contributed by atoms with van der Waals surface area (Å²) in [6.07, 6.45) is 3.23. The zero-order valence-corrected chi connectivity index (χ0v) is 20.0. The van der Waals surface area contributed by atoms with Gasteiger partial charge < -0.3 is 5.32 Å². The molecule has 2 aromatic carbocycles. The summed E-state index contributed by atoms with van der Waals surface area (Å²) in [6.45, 7) is 0.956. The molecule has 11 heteroatoms. The lowest BCUT2D eigenvalue weighted by atomic mass is 10.1. The Labute approximate surface area is 194 Å². The third kappa shape index (κ3) is 7.07. The fourth-order valence-electron chi connectivity index (χ4n) is 3.55. The topological polar surface area (TPSA) is 104 Å². The Hall–Kier alpha value is -2.34. The lowest BCUT2D eigenvalue weighted by Crippen LogP contribution is -2.40. The minimum Gasteiger partial charge on any atom is -0.355 e. The number of nitrogens with one attached hydrogen (secondary N) is 1. The molecular formula is C22H28FN3O5S2. The molecule has 0 radical (unpaired) electrons. The highest BCUT2D eigenvalue weighted by Gasteiger charge is 2.27. The van der Waals surface area contributed by atoms with Crippen molar-refractivity contribution in [2.24, 2.45) is 0 Å². The predicted molar refractivity (Wildman–Crippen MR) is 123 cm³/mol. The fraction of sp³-hybridized carbons (Fsp3) is 0.409. The van der Waals surface area contributed by atoms with Crippen LogP contribution in [0.3, 0.4) is 0 Å². The van der Waals surface area contributed by atoms with E-state index in [-0.39, 0.29) is 24.5 Å². The molecule has 1 aliphatic heterocycles. The van der Waals surface area contributed by atoms with E-state index in [0.29, 0.717) is 25.1 Å². The molecule has 0 aromatic heterocycles. The van der Waals surface area contributed by atoms with Crippen molar-refractivity contribution in [2.45, 2.75) is 30.7 Å². The summed E-state index contributed by atoms with van der Waals surface area (Å²) in [5, 5.41) is 2.69. The smallest absolute Gasteiger partial charge is 0.243 e. The third-order valence-corrected chi connectivity index (χ3v) is 8.53. The maximum atomic E-state index is 13.1. The summed E-state index contributed by atoms with van der Waals surface area (Å²) in [4.78, 5) is 12.6. The second-order valence-electron chi connectivity index (χ2n) is 8.01. The van der Waals surface area contributed by atoms with Crippen LogP contribution in [0.4, 0.5) is 4.39 Å². The van der Waals surface area contributed by atoms with Gasteiger partial charge >= 0.3 is 0 Å². The van der Waals surface area contributed by atoms with Gasteiger partial charge in [0.05, 0.1) is 17.7 Å². The van der Waals surface area contributed by atoms with E-state index in [2.05, 4.69) is 5.32 Å². The molecule has 0 saturated carbocycles. The highest BCUT2D eigenvalue weighted by atomic mass is 32.2. The molecule has 1 fully saturated rings. The van der Waals surface area contributed by atoms with Crippen LogP contribution in [-0.4, -0.2) is 63.8 Å². The van der Waals surface area contributed by atoms with Crippen LogP contribution in [0, 0.1) is 5.82 Å². The molecule has 1 heterocycles. The number of benzene rings is 2. The molecule has 1 aliphatic rings. The van der Waals surface area contributed by atoms with Crippen molar-refractivity contribution in [3.05, 3.63) is 65.5 Å². The van der Waals surface area contributed by atoms with E-state index in [4.69, 9.17) is 0 Å². The third-order valence-electron chi connectivity index (χ3n) is 5.42. The molecule has 33 heavy (non-hydrogen) atoms. The average molecular weight is 498 g/mol. The van der Waals surface area contributed by atoms with E-state index in [9.17, 15) is 26.0 Å². The molecular weight excluding hydrogens is 469 g/mol. The summed E-state index contributed by atoms with van der Waals surface area (Å²) in [5.74, 6) is -0.889. The van der Waals surface area contributed by atoms with E-state index < -0.39 is 31.8 Å². The average Bonchev–Trinajstić information content (AvgIpc) is 3.30. The van der Waals surface area contributed by atoms with Crippen LogP contribution >= 0.6 is 0 Å². The SMILES string of the molecule is CS(=O)(=O)N(CC(=O)NCCc1ccc(S(=O)(=O)N2CCCC2)cc1)Cc1ccc(F)cc1. The van der Waals surface area contributed by atoms with E-state index in [1.165, 1.54) is 28.6 Å². The molecule has 1 saturated heterocycles. The van der Waals surface area contributed by atoms with Crippen molar-refractivity contribution in [3.63, 3.8) is 0 Å². The number of halogens is 1. The van der Waals surface area contributed by atoms with Crippen molar-refractivity contribution in [3.8, 4) is 0 Å². The first-order valence-electron chi connectivity index (χ1n) is 10.6. The largest absolute Gasteiger partial charge is 0.355 e. The van der Waals surface area contributed by atoms with E-state index in [1.807, 2.05) is 0 Å². The van der Waals surface area contributed by atoms with Crippen LogP contribution in [0.5, 0.6) is 0 Å². The normalized spacial score (nSPS) is 15.1. The number of rotatable bonds is 10. The molecule has 1 N–H and O–H groups in total. The van der Waals surface area contributed by atoms with Crippen molar-refractivity contribution in [1.29, 1.82) is 0 Å². The molecule has 0 aliphatic carbocycles. The molecule has 0 unspecified atom stereocenters. The van der Waals surface area contributed by atoms with Crippen LogP contribution in [0.15, 0.2) is 53.4 Å². The van der Waals surface area contributed by atoms with Gasteiger partial charge in [0.2, 0.25) is 26.0 Å². The highest BCUT2D eigenvalue weighted by Crippen LogP contribution is 2.21. The molecule has 180 valence electrons. The number of hydrogen-bond acceptors (Lipinski definition) is 5. The van der Waals surface area contributed by atoms with Crippen molar-refractivity contribution >= 4 is 26.0 Å². The van der Waals surface area contributed by atoms with Crippen LogP contribution < -0.4 is 5.32 Å². The van der Waals surface area contributed by atoms with Gasteiger partial charge in [0, 0.05) is 26.2 Å². The van der Waals surface area contributed by atoms with Gasteiger partial charge in [0.25, 0.3) is 0 Å². The van der Waals surface area contributed by atoms with Crippen LogP contribution in [0.1, 0.15) is 24.0 Å². The summed E-state index contributed by atoms with van der Waals surface area (Å²) in [5.41, 5.74) is 1.42. The van der Waals surface area contributed by atoms with Crippen molar-refractivity contribution in [2.75, 3.05) is 32.4 Å². The zero-order valence-electron chi connectivity index (χ0n) is 18.4. The molecule has 0 bridgehead atoms. The maximum Gasteiger partial charge on any atom is 0.243 e. The first kappa shape index (κ1) is 25.3. The summed E-state index contributed by atoms with van der Waals surface area (Å²) in [7, 11) is -7.12. The minimum atomic E-state index is -3.65. The predicted octanol–water partition coefficient (Wildman–Crippen LogP) is 1.73.